The first-order valence-corrected chi connectivity index (χ1v) is 6.67. The van der Waals surface area contributed by atoms with E-state index in [0.717, 1.165) is 31.6 Å². The third-order valence-corrected chi connectivity index (χ3v) is 3.66. The van der Waals surface area contributed by atoms with Crippen LogP contribution in [0.15, 0.2) is 12.3 Å². The Bertz CT molecular complexity index is 376. The van der Waals surface area contributed by atoms with Gasteiger partial charge in [-0.1, -0.05) is 6.92 Å². The molecule has 0 spiro atoms. The molecule has 2 unspecified atom stereocenters. The van der Waals surface area contributed by atoms with E-state index in [2.05, 4.69) is 10.2 Å². The Balaban J connectivity index is 1.92. The lowest BCUT2D eigenvalue weighted by Gasteiger charge is -2.32. The smallest absolute Gasteiger partial charge is 0.222 e. The number of nitrogens with one attached hydrogen (secondary N) is 1. The largest absolute Gasteiger partial charge is 0.342 e. The number of hydrogen-bond donors (Lipinski definition) is 2. The van der Waals surface area contributed by atoms with Crippen molar-refractivity contribution in [3.8, 4) is 0 Å². The fourth-order valence-electron chi connectivity index (χ4n) is 2.46. The molecule has 5 nitrogen and oxygen atoms in total. The monoisotopic (exact) mass is 250 g/mol. The van der Waals surface area contributed by atoms with Crippen molar-refractivity contribution in [3.63, 3.8) is 0 Å². The minimum absolute atomic E-state index is 0.233. The van der Waals surface area contributed by atoms with Crippen molar-refractivity contribution in [2.75, 3.05) is 19.6 Å². The number of amides is 1. The summed E-state index contributed by atoms with van der Waals surface area (Å²) in [6.45, 7) is 4.27. The average Bonchev–Trinajstić information content (AvgIpc) is 2.92. The molecule has 1 aromatic heterocycles. The molecule has 1 aliphatic heterocycles. The highest BCUT2D eigenvalue weighted by Crippen LogP contribution is 2.25. The number of aromatic amines is 1. The van der Waals surface area contributed by atoms with Crippen LogP contribution in [0.25, 0.3) is 0 Å². The van der Waals surface area contributed by atoms with E-state index in [9.17, 15) is 4.79 Å². The fraction of sp³-hybridized carbons (Fsp3) is 0.692. The normalized spacial score (nSPS) is 21.9. The van der Waals surface area contributed by atoms with Gasteiger partial charge in [-0.2, -0.15) is 5.10 Å². The Morgan fingerprint density at radius 2 is 2.56 bits per heavy atom. The molecule has 5 heteroatoms. The summed E-state index contributed by atoms with van der Waals surface area (Å²) in [7, 11) is 0. The minimum Gasteiger partial charge on any atom is -0.342 e. The van der Waals surface area contributed by atoms with Gasteiger partial charge in [0.15, 0.2) is 0 Å². The maximum absolute atomic E-state index is 12.1. The van der Waals surface area contributed by atoms with Gasteiger partial charge in [-0.05, 0) is 31.4 Å². The Labute approximate surface area is 108 Å². The molecule has 1 aromatic rings. The maximum Gasteiger partial charge on any atom is 0.222 e. The SMILES string of the molecule is CC(CN)CC(=O)N1CCCC(c2ccn[nH]2)C1. The summed E-state index contributed by atoms with van der Waals surface area (Å²) in [6.07, 6.45) is 4.52. The quantitative estimate of drug-likeness (QED) is 0.840. The highest BCUT2D eigenvalue weighted by atomic mass is 16.2. The van der Waals surface area contributed by atoms with E-state index in [1.54, 1.807) is 6.20 Å². The molecule has 1 saturated heterocycles. The number of hydrogen-bond acceptors (Lipinski definition) is 3. The zero-order chi connectivity index (χ0) is 13.0. The molecule has 0 saturated carbocycles. The van der Waals surface area contributed by atoms with E-state index in [0.29, 0.717) is 18.9 Å². The summed E-state index contributed by atoms with van der Waals surface area (Å²) in [6, 6.07) is 2.00. The van der Waals surface area contributed by atoms with Gasteiger partial charge in [-0.15, -0.1) is 0 Å². The van der Waals surface area contributed by atoms with Gasteiger partial charge in [0.2, 0.25) is 5.91 Å². The summed E-state index contributed by atoms with van der Waals surface area (Å²) in [5.41, 5.74) is 6.71. The number of nitrogens with zero attached hydrogens (tertiary/aromatic N) is 2. The Hall–Kier alpha value is -1.36. The molecule has 2 atom stereocenters. The number of carbonyl (C=O) groups is 1. The second kappa shape index (κ2) is 6.00. The van der Waals surface area contributed by atoms with Gasteiger partial charge in [-0.3, -0.25) is 9.89 Å². The number of H-pyrrole nitrogens is 1. The van der Waals surface area contributed by atoms with E-state index in [1.807, 2.05) is 17.9 Å². The highest BCUT2D eigenvalue weighted by molar-refractivity contribution is 5.76. The number of carbonyl (C=O) groups excluding carboxylic acids is 1. The number of rotatable bonds is 4. The lowest BCUT2D eigenvalue weighted by molar-refractivity contribution is -0.133. The second-order valence-corrected chi connectivity index (χ2v) is 5.24. The molecule has 18 heavy (non-hydrogen) atoms. The number of aromatic nitrogens is 2. The second-order valence-electron chi connectivity index (χ2n) is 5.24. The van der Waals surface area contributed by atoms with Gasteiger partial charge in [0.1, 0.15) is 0 Å². The molecule has 0 radical (unpaired) electrons. The van der Waals surface area contributed by atoms with Gasteiger partial charge in [0, 0.05) is 37.3 Å². The predicted octanol–water partition coefficient (Wildman–Crippen LogP) is 1.10. The van der Waals surface area contributed by atoms with E-state index in [4.69, 9.17) is 5.73 Å². The topological polar surface area (TPSA) is 75.0 Å². The lowest BCUT2D eigenvalue weighted by Crippen LogP contribution is -2.40. The minimum atomic E-state index is 0.233. The van der Waals surface area contributed by atoms with Crippen LogP contribution in [-0.4, -0.2) is 40.6 Å². The maximum atomic E-state index is 12.1. The molecule has 100 valence electrons. The molecule has 1 amide bonds. The molecular weight excluding hydrogens is 228 g/mol. The first-order valence-electron chi connectivity index (χ1n) is 6.67. The van der Waals surface area contributed by atoms with Crippen molar-refractivity contribution in [2.45, 2.75) is 32.1 Å². The van der Waals surface area contributed by atoms with Crippen LogP contribution in [0.5, 0.6) is 0 Å². The molecular formula is C13H22N4O. The van der Waals surface area contributed by atoms with E-state index < -0.39 is 0 Å². The Morgan fingerprint density at radius 1 is 1.72 bits per heavy atom. The van der Waals surface area contributed by atoms with Crippen molar-refractivity contribution in [1.82, 2.24) is 15.1 Å². The van der Waals surface area contributed by atoms with Crippen LogP contribution in [0.2, 0.25) is 0 Å². The van der Waals surface area contributed by atoms with Gasteiger partial charge in [0.25, 0.3) is 0 Å². The average molecular weight is 250 g/mol. The molecule has 0 aromatic carbocycles. The summed E-state index contributed by atoms with van der Waals surface area (Å²) in [5.74, 6) is 0.903. The van der Waals surface area contributed by atoms with Crippen LogP contribution in [-0.2, 0) is 4.79 Å². The zero-order valence-corrected chi connectivity index (χ0v) is 10.9. The van der Waals surface area contributed by atoms with Crippen molar-refractivity contribution >= 4 is 5.91 Å². The van der Waals surface area contributed by atoms with Crippen molar-refractivity contribution in [3.05, 3.63) is 18.0 Å². The van der Waals surface area contributed by atoms with E-state index >= 15 is 0 Å². The van der Waals surface area contributed by atoms with Crippen LogP contribution in [0.4, 0.5) is 0 Å². The fourth-order valence-corrected chi connectivity index (χ4v) is 2.46. The zero-order valence-electron chi connectivity index (χ0n) is 10.9. The molecule has 1 aliphatic rings. The van der Waals surface area contributed by atoms with Crippen molar-refractivity contribution in [1.29, 1.82) is 0 Å². The molecule has 2 rings (SSSR count). The third kappa shape index (κ3) is 3.10. The predicted molar refractivity (Wildman–Crippen MR) is 70.0 cm³/mol. The highest BCUT2D eigenvalue weighted by Gasteiger charge is 2.25. The van der Waals surface area contributed by atoms with Crippen molar-refractivity contribution < 1.29 is 4.79 Å². The van der Waals surface area contributed by atoms with E-state index in [1.165, 1.54) is 0 Å². The molecule has 0 bridgehead atoms. The first kappa shape index (κ1) is 13.1. The third-order valence-electron chi connectivity index (χ3n) is 3.66. The summed E-state index contributed by atoms with van der Waals surface area (Å²) >= 11 is 0. The number of nitrogens with two attached hydrogens (primary N) is 1. The standard InChI is InChI=1S/C13H22N4O/c1-10(8-14)7-13(18)17-6-2-3-11(9-17)12-4-5-15-16-12/h4-5,10-11H,2-3,6-9,14H2,1H3,(H,15,16). The summed E-state index contributed by atoms with van der Waals surface area (Å²) < 4.78 is 0. The molecule has 1 fully saturated rings. The molecule has 2 heterocycles. The summed E-state index contributed by atoms with van der Waals surface area (Å²) in [5, 5.41) is 6.99. The van der Waals surface area contributed by atoms with Crippen molar-refractivity contribution in [2.24, 2.45) is 11.7 Å². The van der Waals surface area contributed by atoms with E-state index in [-0.39, 0.29) is 11.8 Å². The van der Waals surface area contributed by atoms with Gasteiger partial charge in [-0.25, -0.2) is 0 Å². The van der Waals surface area contributed by atoms with Crippen LogP contribution in [0.1, 0.15) is 37.8 Å². The molecule has 3 N–H and O–H groups in total. The lowest BCUT2D eigenvalue weighted by atomic mass is 9.94. The van der Waals surface area contributed by atoms with Crippen LogP contribution < -0.4 is 5.73 Å². The van der Waals surface area contributed by atoms with Crippen LogP contribution in [0, 0.1) is 5.92 Å². The number of likely N-dealkylation sites (tertiary alicyclic amines) is 1. The Morgan fingerprint density at radius 3 is 3.22 bits per heavy atom. The molecule has 0 aliphatic carbocycles. The van der Waals surface area contributed by atoms with Gasteiger partial charge >= 0.3 is 0 Å². The van der Waals surface area contributed by atoms with Crippen LogP contribution in [0.3, 0.4) is 0 Å². The van der Waals surface area contributed by atoms with Crippen LogP contribution >= 0.6 is 0 Å². The summed E-state index contributed by atoms with van der Waals surface area (Å²) in [4.78, 5) is 14.1. The first-order chi connectivity index (χ1) is 8.70. The number of piperidine rings is 1. The van der Waals surface area contributed by atoms with Gasteiger partial charge < -0.3 is 10.6 Å². The Kier molecular flexibility index (Phi) is 4.36. The van der Waals surface area contributed by atoms with Gasteiger partial charge in [0.05, 0.1) is 0 Å².